The van der Waals surface area contributed by atoms with Crippen LogP contribution in [-0.2, 0) is 10.0 Å². The predicted molar refractivity (Wildman–Crippen MR) is 96.4 cm³/mol. The normalized spacial score (nSPS) is 17.5. The lowest BCUT2D eigenvalue weighted by Crippen LogP contribution is -2.25. The van der Waals surface area contributed by atoms with Crippen LogP contribution in [-0.4, -0.2) is 37.0 Å². The van der Waals surface area contributed by atoms with E-state index in [1.165, 1.54) is 13.2 Å². The summed E-state index contributed by atoms with van der Waals surface area (Å²) in [6.07, 6.45) is 1.60. The van der Waals surface area contributed by atoms with Crippen molar-refractivity contribution < 1.29 is 18.3 Å². The molecule has 0 spiro atoms. The minimum atomic E-state index is -3.51. The Hall–Kier alpha value is -2.54. The van der Waals surface area contributed by atoms with Crippen molar-refractivity contribution in [2.75, 3.05) is 13.4 Å². The van der Waals surface area contributed by atoms with Crippen LogP contribution in [0.3, 0.4) is 0 Å². The highest BCUT2D eigenvalue weighted by molar-refractivity contribution is 7.88. The first-order valence-electron chi connectivity index (χ1n) is 7.80. The zero-order valence-electron chi connectivity index (χ0n) is 14.3. The molecular weight excluding hydrogens is 340 g/mol. The van der Waals surface area contributed by atoms with Gasteiger partial charge in [0.15, 0.2) is 11.5 Å². The van der Waals surface area contributed by atoms with Gasteiger partial charge in [-0.05, 0) is 30.7 Å². The second-order valence-corrected chi connectivity index (χ2v) is 7.94. The van der Waals surface area contributed by atoms with Gasteiger partial charge in [0.2, 0.25) is 10.0 Å². The van der Waals surface area contributed by atoms with Crippen molar-refractivity contribution >= 4 is 15.7 Å². The fourth-order valence-corrected chi connectivity index (χ4v) is 3.77. The molecule has 1 atom stereocenters. The third-order valence-electron chi connectivity index (χ3n) is 4.19. The summed E-state index contributed by atoms with van der Waals surface area (Å²) in [5.41, 5.74) is 3.35. The van der Waals surface area contributed by atoms with Crippen LogP contribution in [0, 0.1) is 6.92 Å². The van der Waals surface area contributed by atoms with Gasteiger partial charge >= 0.3 is 0 Å². The third kappa shape index (κ3) is 3.46. The van der Waals surface area contributed by atoms with E-state index in [0.717, 1.165) is 27.4 Å². The van der Waals surface area contributed by atoms with Crippen molar-refractivity contribution in [3.05, 3.63) is 59.2 Å². The summed E-state index contributed by atoms with van der Waals surface area (Å²) in [6, 6.07) is 12.3. The lowest BCUT2D eigenvalue weighted by atomic mass is 9.98. The minimum absolute atomic E-state index is 0.0277. The Morgan fingerprint density at radius 3 is 2.48 bits per heavy atom. The number of ether oxygens (including phenoxy) is 1. The second kappa shape index (κ2) is 6.40. The smallest absolute Gasteiger partial charge is 0.247 e. The lowest BCUT2D eigenvalue weighted by molar-refractivity contribution is 0.373. The first-order valence-corrected chi connectivity index (χ1v) is 9.65. The number of hydrogen-bond acceptors (Lipinski definition) is 5. The summed E-state index contributed by atoms with van der Waals surface area (Å²) in [5, 5.41) is 14.1. The van der Waals surface area contributed by atoms with Crippen molar-refractivity contribution in [2.24, 2.45) is 5.10 Å². The average Bonchev–Trinajstić information content (AvgIpc) is 3.01. The highest BCUT2D eigenvalue weighted by Gasteiger charge is 2.34. The number of hydrogen-bond donors (Lipinski definition) is 1. The van der Waals surface area contributed by atoms with Gasteiger partial charge < -0.3 is 9.84 Å². The van der Waals surface area contributed by atoms with Gasteiger partial charge in [0.25, 0.3) is 0 Å². The van der Waals surface area contributed by atoms with Gasteiger partial charge in [-0.15, -0.1) is 0 Å². The molecule has 1 N–H and O–H groups in total. The molecule has 3 rings (SSSR count). The van der Waals surface area contributed by atoms with Crippen LogP contribution in [0.15, 0.2) is 47.6 Å². The van der Waals surface area contributed by atoms with Crippen molar-refractivity contribution in [3.8, 4) is 11.5 Å². The van der Waals surface area contributed by atoms with Crippen molar-refractivity contribution in [1.82, 2.24) is 4.41 Å². The van der Waals surface area contributed by atoms with E-state index in [1.807, 2.05) is 31.2 Å². The molecule has 132 valence electrons. The van der Waals surface area contributed by atoms with Crippen LogP contribution >= 0.6 is 0 Å². The molecule has 0 saturated heterocycles. The zero-order valence-corrected chi connectivity index (χ0v) is 15.1. The number of hydrazone groups is 1. The summed E-state index contributed by atoms with van der Waals surface area (Å²) in [6.45, 7) is 1.98. The minimum Gasteiger partial charge on any atom is -0.504 e. The van der Waals surface area contributed by atoms with E-state index in [1.54, 1.807) is 12.1 Å². The highest BCUT2D eigenvalue weighted by atomic mass is 32.2. The predicted octanol–water partition coefficient (Wildman–Crippen LogP) is 2.82. The average molecular weight is 360 g/mol. The first kappa shape index (κ1) is 17.3. The van der Waals surface area contributed by atoms with E-state index in [0.29, 0.717) is 17.9 Å². The molecule has 1 aliphatic rings. The molecule has 1 unspecified atom stereocenters. The molecule has 0 radical (unpaired) electrons. The van der Waals surface area contributed by atoms with Crippen LogP contribution in [0.2, 0.25) is 0 Å². The monoisotopic (exact) mass is 360 g/mol. The summed E-state index contributed by atoms with van der Waals surface area (Å²) in [7, 11) is -2.04. The third-order valence-corrected chi connectivity index (χ3v) is 5.20. The van der Waals surface area contributed by atoms with Gasteiger partial charge in [-0.3, -0.25) is 0 Å². The number of aromatic hydroxyl groups is 1. The molecule has 0 aliphatic carbocycles. The SMILES string of the molecule is COc1cc(C2=NN(S(C)(=O)=O)C(c3ccc(C)cc3)C2)ccc1O. The van der Waals surface area contributed by atoms with Crippen LogP contribution < -0.4 is 4.74 Å². The second-order valence-electron chi connectivity index (χ2n) is 6.10. The summed E-state index contributed by atoms with van der Waals surface area (Å²) in [5.74, 6) is 0.352. The molecular formula is C18H20N2O4S. The molecule has 2 aromatic rings. The van der Waals surface area contributed by atoms with E-state index in [2.05, 4.69) is 5.10 Å². The Labute approximate surface area is 147 Å². The number of aryl methyl sites for hydroxylation is 1. The lowest BCUT2D eigenvalue weighted by Gasteiger charge is -2.21. The van der Waals surface area contributed by atoms with E-state index in [4.69, 9.17) is 4.74 Å². The Kier molecular flexibility index (Phi) is 4.43. The zero-order chi connectivity index (χ0) is 18.2. The largest absolute Gasteiger partial charge is 0.504 e. The van der Waals surface area contributed by atoms with Crippen LogP contribution in [0.4, 0.5) is 0 Å². The molecule has 25 heavy (non-hydrogen) atoms. The number of benzene rings is 2. The van der Waals surface area contributed by atoms with E-state index >= 15 is 0 Å². The maximum Gasteiger partial charge on any atom is 0.247 e. The fourth-order valence-electron chi connectivity index (χ4n) is 2.86. The maximum absolute atomic E-state index is 12.2. The molecule has 2 aromatic carbocycles. The molecule has 0 aromatic heterocycles. The van der Waals surface area contributed by atoms with Crippen LogP contribution in [0.1, 0.15) is 29.2 Å². The molecule has 0 bridgehead atoms. The number of methoxy groups -OCH3 is 1. The Morgan fingerprint density at radius 2 is 1.88 bits per heavy atom. The number of phenols is 1. The molecule has 0 amide bonds. The van der Waals surface area contributed by atoms with Crippen LogP contribution in [0.25, 0.3) is 0 Å². The van der Waals surface area contributed by atoms with Gasteiger partial charge in [-0.1, -0.05) is 29.8 Å². The van der Waals surface area contributed by atoms with E-state index in [-0.39, 0.29) is 11.8 Å². The van der Waals surface area contributed by atoms with Crippen LogP contribution in [0.5, 0.6) is 11.5 Å². The Bertz CT molecular complexity index is 921. The number of nitrogens with zero attached hydrogens (tertiary/aromatic N) is 2. The van der Waals surface area contributed by atoms with Crippen molar-refractivity contribution in [1.29, 1.82) is 0 Å². The summed E-state index contributed by atoms with van der Waals surface area (Å²) in [4.78, 5) is 0. The number of phenolic OH excluding ortho intramolecular Hbond substituents is 1. The number of rotatable bonds is 4. The summed E-state index contributed by atoms with van der Waals surface area (Å²) >= 11 is 0. The maximum atomic E-state index is 12.2. The van der Waals surface area contributed by atoms with Gasteiger partial charge in [0.1, 0.15) is 0 Å². The molecule has 1 aliphatic heterocycles. The van der Waals surface area contributed by atoms with Crippen molar-refractivity contribution in [2.45, 2.75) is 19.4 Å². The molecule has 7 heteroatoms. The molecule has 0 fully saturated rings. The highest BCUT2D eigenvalue weighted by Crippen LogP contribution is 2.36. The Balaban J connectivity index is 2.01. The topological polar surface area (TPSA) is 79.2 Å². The first-order chi connectivity index (χ1) is 11.8. The number of sulfonamides is 1. The van der Waals surface area contributed by atoms with Gasteiger partial charge in [0, 0.05) is 12.0 Å². The summed E-state index contributed by atoms with van der Waals surface area (Å²) < 4.78 is 30.7. The quantitative estimate of drug-likeness (QED) is 0.909. The fraction of sp³-hybridized carbons (Fsp3) is 0.278. The Morgan fingerprint density at radius 1 is 1.20 bits per heavy atom. The van der Waals surface area contributed by atoms with Crippen molar-refractivity contribution in [3.63, 3.8) is 0 Å². The van der Waals surface area contributed by atoms with Gasteiger partial charge in [0.05, 0.1) is 25.1 Å². The van der Waals surface area contributed by atoms with E-state index < -0.39 is 10.0 Å². The molecule has 1 heterocycles. The van der Waals surface area contributed by atoms with E-state index in [9.17, 15) is 13.5 Å². The van der Waals surface area contributed by atoms with Gasteiger partial charge in [-0.25, -0.2) is 8.42 Å². The standard InChI is InChI=1S/C18H20N2O4S/c1-12-4-6-13(7-5-12)16-11-15(19-20(16)25(3,22)23)14-8-9-17(21)18(10-14)24-2/h4-10,16,21H,11H2,1-3H3. The molecule has 0 saturated carbocycles. The molecule has 6 nitrogen and oxygen atoms in total. The van der Waals surface area contributed by atoms with Gasteiger partial charge in [-0.2, -0.15) is 9.52 Å².